The minimum absolute atomic E-state index is 0.0806. The van der Waals surface area contributed by atoms with Crippen LogP contribution in [0.2, 0.25) is 0 Å². The smallest absolute Gasteiger partial charge is 0.254 e. The van der Waals surface area contributed by atoms with Crippen LogP contribution >= 0.6 is 0 Å². The number of benzene rings is 2. The molecule has 5 nitrogen and oxygen atoms in total. The molecule has 0 bridgehead atoms. The van der Waals surface area contributed by atoms with Gasteiger partial charge in [0.2, 0.25) is 0 Å². The van der Waals surface area contributed by atoms with Gasteiger partial charge in [0.1, 0.15) is 11.5 Å². The first-order chi connectivity index (χ1) is 14.1. The van der Waals surface area contributed by atoms with Crippen LogP contribution in [-0.2, 0) is 0 Å². The summed E-state index contributed by atoms with van der Waals surface area (Å²) in [5.74, 6) is -0.588. The molecule has 0 saturated carbocycles. The number of para-hydroxylation sites is 1. The van der Waals surface area contributed by atoms with E-state index in [2.05, 4.69) is 41.3 Å². The molecule has 0 aliphatic rings. The highest BCUT2D eigenvalue weighted by atomic mass is 19.1. The highest BCUT2D eigenvalue weighted by Crippen LogP contribution is 2.21. The number of nitrogens with one attached hydrogen (secondary N) is 1. The molecule has 0 saturated heterocycles. The number of amides is 1. The summed E-state index contributed by atoms with van der Waals surface area (Å²) < 4.78 is 15.6. The highest BCUT2D eigenvalue weighted by Gasteiger charge is 2.21. The van der Waals surface area contributed by atoms with Gasteiger partial charge in [-0.3, -0.25) is 9.69 Å². The summed E-state index contributed by atoms with van der Waals surface area (Å²) in [6.45, 7) is 8.25. The van der Waals surface area contributed by atoms with E-state index in [1.165, 1.54) is 16.9 Å². The van der Waals surface area contributed by atoms with E-state index in [1.54, 1.807) is 25.1 Å². The largest absolute Gasteiger partial charge is 0.350 e. The van der Waals surface area contributed by atoms with Crippen molar-refractivity contribution >= 4 is 5.91 Å². The van der Waals surface area contributed by atoms with Gasteiger partial charge in [0.05, 0.1) is 23.5 Å². The minimum atomic E-state index is -0.378. The number of likely N-dealkylation sites (N-methyl/N-ethyl adjacent to an activating group) is 1. The van der Waals surface area contributed by atoms with Crippen LogP contribution in [0.4, 0.5) is 4.39 Å². The predicted octanol–water partition coefficient (Wildman–Crippen LogP) is 4.13. The van der Waals surface area contributed by atoms with Gasteiger partial charge in [0.15, 0.2) is 0 Å². The van der Waals surface area contributed by atoms with Gasteiger partial charge in [0.25, 0.3) is 5.91 Å². The Labute approximate surface area is 171 Å². The first-order valence-corrected chi connectivity index (χ1v) is 9.93. The van der Waals surface area contributed by atoms with Crippen LogP contribution in [0.25, 0.3) is 5.69 Å². The Kier molecular flexibility index (Phi) is 6.77. The van der Waals surface area contributed by atoms with Gasteiger partial charge in [-0.25, -0.2) is 9.07 Å². The standard InChI is InChI=1S/C23H27FN4O/c1-4-27(5-2)22(18-11-7-6-8-12-18)16-25-23(29)19-15-26-28(17(19)3)21-14-10-9-13-20(21)24/h6-15,22H,4-5,16H2,1-3H3,(H,25,29). The van der Waals surface area contributed by atoms with Crippen molar-refractivity contribution in [2.24, 2.45) is 0 Å². The third kappa shape index (κ3) is 4.54. The van der Waals surface area contributed by atoms with E-state index in [4.69, 9.17) is 0 Å². The first-order valence-electron chi connectivity index (χ1n) is 9.93. The van der Waals surface area contributed by atoms with E-state index < -0.39 is 0 Å². The summed E-state index contributed by atoms with van der Waals surface area (Å²) in [4.78, 5) is 15.2. The summed E-state index contributed by atoms with van der Waals surface area (Å²) in [7, 11) is 0. The average molecular weight is 394 g/mol. The van der Waals surface area contributed by atoms with Crippen molar-refractivity contribution in [3.8, 4) is 5.69 Å². The van der Waals surface area contributed by atoms with Crippen LogP contribution < -0.4 is 5.32 Å². The molecule has 2 aromatic carbocycles. The molecule has 0 aliphatic heterocycles. The SMILES string of the molecule is CCN(CC)C(CNC(=O)c1cnn(-c2ccccc2F)c1C)c1ccccc1. The van der Waals surface area contributed by atoms with Crippen LogP contribution in [0.15, 0.2) is 60.8 Å². The average Bonchev–Trinajstić information content (AvgIpc) is 3.13. The second kappa shape index (κ2) is 9.47. The monoisotopic (exact) mass is 394 g/mol. The first kappa shape index (κ1) is 20.7. The molecular weight excluding hydrogens is 367 g/mol. The van der Waals surface area contributed by atoms with Gasteiger partial charge in [-0.1, -0.05) is 56.3 Å². The summed E-state index contributed by atoms with van der Waals surface area (Å²) >= 11 is 0. The topological polar surface area (TPSA) is 50.2 Å². The van der Waals surface area contributed by atoms with Crippen molar-refractivity contribution in [3.05, 3.63) is 83.4 Å². The second-order valence-electron chi connectivity index (χ2n) is 6.86. The number of rotatable bonds is 8. The van der Waals surface area contributed by atoms with Gasteiger partial charge in [-0.15, -0.1) is 0 Å². The lowest BCUT2D eigenvalue weighted by Gasteiger charge is -2.30. The van der Waals surface area contributed by atoms with Crippen molar-refractivity contribution < 1.29 is 9.18 Å². The zero-order chi connectivity index (χ0) is 20.8. The third-order valence-electron chi connectivity index (χ3n) is 5.23. The van der Waals surface area contributed by atoms with Crippen molar-refractivity contribution in [2.45, 2.75) is 26.8 Å². The molecule has 3 rings (SSSR count). The molecule has 1 N–H and O–H groups in total. The predicted molar refractivity (Wildman–Crippen MR) is 113 cm³/mol. The van der Waals surface area contributed by atoms with Crippen molar-refractivity contribution in [2.75, 3.05) is 19.6 Å². The van der Waals surface area contributed by atoms with Crippen LogP contribution in [0.5, 0.6) is 0 Å². The molecule has 1 heterocycles. The molecule has 152 valence electrons. The van der Waals surface area contributed by atoms with E-state index in [-0.39, 0.29) is 17.8 Å². The quantitative estimate of drug-likeness (QED) is 0.625. The summed E-state index contributed by atoms with van der Waals surface area (Å²) in [6.07, 6.45) is 1.49. The molecule has 1 amide bonds. The molecule has 1 atom stereocenters. The molecule has 3 aromatic rings. The van der Waals surface area contributed by atoms with Crippen molar-refractivity contribution in [1.29, 1.82) is 0 Å². The number of halogens is 1. The van der Waals surface area contributed by atoms with Crippen LogP contribution in [0.3, 0.4) is 0 Å². The minimum Gasteiger partial charge on any atom is -0.350 e. The Hall–Kier alpha value is -2.99. The molecule has 0 spiro atoms. The number of aromatic nitrogens is 2. The fraction of sp³-hybridized carbons (Fsp3) is 0.304. The maximum atomic E-state index is 14.1. The van der Waals surface area contributed by atoms with Crippen LogP contribution in [0.1, 0.15) is 41.5 Å². The summed E-state index contributed by atoms with van der Waals surface area (Å²) in [6, 6.07) is 16.6. The number of hydrogen-bond acceptors (Lipinski definition) is 3. The Balaban J connectivity index is 1.78. The van der Waals surface area contributed by atoms with Gasteiger partial charge >= 0.3 is 0 Å². The Morgan fingerprint density at radius 3 is 2.41 bits per heavy atom. The number of carbonyl (C=O) groups excluding carboxylic acids is 1. The number of hydrogen-bond donors (Lipinski definition) is 1. The lowest BCUT2D eigenvalue weighted by Crippen LogP contribution is -2.38. The Bertz CT molecular complexity index is 951. The van der Waals surface area contributed by atoms with E-state index >= 15 is 0 Å². The molecule has 29 heavy (non-hydrogen) atoms. The van der Waals surface area contributed by atoms with E-state index in [1.807, 2.05) is 18.2 Å². The van der Waals surface area contributed by atoms with Gasteiger partial charge in [-0.2, -0.15) is 5.10 Å². The highest BCUT2D eigenvalue weighted by molar-refractivity contribution is 5.95. The fourth-order valence-electron chi connectivity index (χ4n) is 3.58. The fourth-order valence-corrected chi connectivity index (χ4v) is 3.58. The molecule has 6 heteroatoms. The normalized spacial score (nSPS) is 12.2. The molecule has 0 radical (unpaired) electrons. The zero-order valence-corrected chi connectivity index (χ0v) is 17.1. The van der Waals surface area contributed by atoms with Crippen LogP contribution in [0, 0.1) is 12.7 Å². The van der Waals surface area contributed by atoms with E-state index in [0.29, 0.717) is 23.5 Å². The Morgan fingerprint density at radius 2 is 1.76 bits per heavy atom. The van der Waals surface area contributed by atoms with Crippen LogP contribution in [-0.4, -0.2) is 40.2 Å². The molecule has 1 aromatic heterocycles. The lowest BCUT2D eigenvalue weighted by atomic mass is 10.0. The Morgan fingerprint density at radius 1 is 1.10 bits per heavy atom. The summed E-state index contributed by atoms with van der Waals surface area (Å²) in [5, 5.41) is 7.27. The van der Waals surface area contributed by atoms with Gasteiger partial charge in [0, 0.05) is 6.54 Å². The van der Waals surface area contributed by atoms with E-state index in [9.17, 15) is 9.18 Å². The maximum absolute atomic E-state index is 14.1. The number of carbonyl (C=O) groups is 1. The van der Waals surface area contributed by atoms with Gasteiger partial charge in [-0.05, 0) is 37.7 Å². The van der Waals surface area contributed by atoms with Crippen molar-refractivity contribution in [1.82, 2.24) is 20.0 Å². The molecular formula is C23H27FN4O. The second-order valence-corrected chi connectivity index (χ2v) is 6.86. The summed E-state index contributed by atoms with van der Waals surface area (Å²) in [5.41, 5.74) is 2.54. The van der Waals surface area contributed by atoms with Gasteiger partial charge < -0.3 is 5.32 Å². The molecule has 0 aliphatic carbocycles. The lowest BCUT2D eigenvalue weighted by molar-refractivity contribution is 0.0934. The third-order valence-corrected chi connectivity index (χ3v) is 5.23. The maximum Gasteiger partial charge on any atom is 0.254 e. The molecule has 1 unspecified atom stereocenters. The zero-order valence-electron chi connectivity index (χ0n) is 17.1. The van der Waals surface area contributed by atoms with E-state index in [0.717, 1.165) is 18.7 Å². The van der Waals surface area contributed by atoms with Crippen molar-refractivity contribution in [3.63, 3.8) is 0 Å². The number of nitrogens with zero attached hydrogens (tertiary/aromatic N) is 3. The molecule has 0 fully saturated rings.